The minimum absolute atomic E-state index is 0.141. The van der Waals surface area contributed by atoms with Crippen molar-refractivity contribution < 1.29 is 4.79 Å². The van der Waals surface area contributed by atoms with E-state index in [-0.39, 0.29) is 6.03 Å². The number of aromatic nitrogens is 2. The van der Waals surface area contributed by atoms with Gasteiger partial charge in [-0.05, 0) is 74.8 Å². The van der Waals surface area contributed by atoms with Crippen LogP contribution in [0.1, 0.15) is 36.8 Å². The van der Waals surface area contributed by atoms with Crippen molar-refractivity contribution in [3.63, 3.8) is 0 Å². The van der Waals surface area contributed by atoms with Gasteiger partial charge in [-0.15, -0.1) is 0 Å². The highest BCUT2D eigenvalue weighted by molar-refractivity contribution is 9.10. The topological polar surface area (TPSA) is 82.2 Å². The zero-order valence-corrected chi connectivity index (χ0v) is 19.7. The van der Waals surface area contributed by atoms with E-state index in [2.05, 4.69) is 41.8 Å². The van der Waals surface area contributed by atoms with E-state index in [9.17, 15) is 4.79 Å². The number of hydrogen-bond acceptors (Lipinski definition) is 5. The summed E-state index contributed by atoms with van der Waals surface area (Å²) in [6, 6.07) is 6.15. The maximum atomic E-state index is 12.4. The molecule has 7 nitrogen and oxygen atoms in total. The van der Waals surface area contributed by atoms with Crippen LogP contribution >= 0.6 is 15.9 Å². The molecule has 1 aromatic carbocycles. The van der Waals surface area contributed by atoms with Crippen molar-refractivity contribution in [2.45, 2.75) is 45.6 Å². The lowest BCUT2D eigenvalue weighted by atomic mass is 9.86. The van der Waals surface area contributed by atoms with Crippen molar-refractivity contribution in [2.75, 3.05) is 36.2 Å². The number of benzene rings is 1. The fourth-order valence-corrected chi connectivity index (χ4v) is 4.55. The summed E-state index contributed by atoms with van der Waals surface area (Å²) in [6.45, 7) is 4.69. The van der Waals surface area contributed by atoms with Crippen LogP contribution < -0.4 is 20.9 Å². The van der Waals surface area contributed by atoms with Crippen molar-refractivity contribution in [1.82, 2.24) is 15.3 Å². The lowest BCUT2D eigenvalue weighted by Crippen LogP contribution is -2.36. The Kier molecular flexibility index (Phi) is 7.53. The van der Waals surface area contributed by atoms with Gasteiger partial charge in [0.15, 0.2) is 0 Å². The molecule has 2 amide bonds. The van der Waals surface area contributed by atoms with Gasteiger partial charge in [0.1, 0.15) is 5.82 Å². The fraction of sp³-hybridized carbons (Fsp3) is 0.500. The Bertz CT molecular complexity index is 857. The van der Waals surface area contributed by atoms with Crippen molar-refractivity contribution >= 4 is 39.4 Å². The number of hydrogen-bond donors (Lipinski definition) is 3. The molecule has 2 aromatic rings. The molecule has 0 aliphatic heterocycles. The summed E-state index contributed by atoms with van der Waals surface area (Å²) in [5.41, 5.74) is 2.97. The van der Waals surface area contributed by atoms with E-state index in [1.54, 1.807) is 6.20 Å². The third-order valence-electron chi connectivity index (χ3n) is 5.57. The van der Waals surface area contributed by atoms with Crippen LogP contribution in [-0.2, 0) is 0 Å². The van der Waals surface area contributed by atoms with Gasteiger partial charge in [-0.3, -0.25) is 0 Å². The first-order valence-corrected chi connectivity index (χ1v) is 11.2. The molecule has 1 aliphatic rings. The van der Waals surface area contributed by atoms with E-state index in [1.807, 2.05) is 51.0 Å². The number of rotatable bonds is 6. The summed E-state index contributed by atoms with van der Waals surface area (Å²) in [7, 11) is 3.94. The van der Waals surface area contributed by atoms with Gasteiger partial charge in [0.05, 0.1) is 0 Å². The van der Waals surface area contributed by atoms with E-state index in [1.165, 1.54) is 0 Å². The van der Waals surface area contributed by atoms with E-state index in [4.69, 9.17) is 0 Å². The fourth-order valence-electron chi connectivity index (χ4n) is 3.86. The van der Waals surface area contributed by atoms with Crippen LogP contribution in [0.25, 0.3) is 0 Å². The molecule has 0 spiro atoms. The molecular weight excluding hydrogens is 444 g/mol. The Morgan fingerprint density at radius 1 is 1.17 bits per heavy atom. The molecule has 0 atom stereocenters. The summed E-state index contributed by atoms with van der Waals surface area (Å²) in [6.07, 6.45) is 6.03. The van der Waals surface area contributed by atoms with Crippen LogP contribution in [0.15, 0.2) is 28.9 Å². The Labute approximate surface area is 187 Å². The molecule has 8 heteroatoms. The van der Waals surface area contributed by atoms with E-state index in [0.717, 1.165) is 52.8 Å². The average molecular weight is 475 g/mol. The maximum absolute atomic E-state index is 12.4. The lowest BCUT2D eigenvalue weighted by molar-refractivity contribution is 0.246. The van der Waals surface area contributed by atoms with Crippen molar-refractivity contribution in [1.29, 1.82) is 0 Å². The number of carbonyl (C=O) groups excluding carboxylic acids is 1. The number of nitrogens with zero attached hydrogens (tertiary/aromatic N) is 3. The average Bonchev–Trinajstić information content (AvgIpc) is 2.70. The second-order valence-electron chi connectivity index (χ2n) is 8.24. The second kappa shape index (κ2) is 10.1. The Balaban J connectivity index is 1.43. The molecule has 30 heavy (non-hydrogen) atoms. The summed E-state index contributed by atoms with van der Waals surface area (Å²) >= 11 is 3.49. The highest BCUT2D eigenvalue weighted by atomic mass is 79.9. The third-order valence-corrected chi connectivity index (χ3v) is 6.02. The molecule has 0 bridgehead atoms. The highest BCUT2D eigenvalue weighted by Crippen LogP contribution is 2.27. The molecule has 1 aromatic heterocycles. The molecule has 3 N–H and O–H groups in total. The predicted octanol–water partition coefficient (Wildman–Crippen LogP) is 4.71. The molecule has 0 radical (unpaired) electrons. The van der Waals surface area contributed by atoms with Crippen LogP contribution in [0, 0.1) is 19.8 Å². The summed E-state index contributed by atoms with van der Waals surface area (Å²) in [5, 5.41) is 9.50. The molecule has 3 rings (SSSR count). The van der Waals surface area contributed by atoms with Crippen LogP contribution in [0.4, 0.5) is 22.2 Å². The number of aryl methyl sites for hydroxylation is 2. The predicted molar refractivity (Wildman–Crippen MR) is 126 cm³/mol. The quantitative estimate of drug-likeness (QED) is 0.564. The molecular formula is C22H31BrN6O. The molecule has 1 saturated carbocycles. The van der Waals surface area contributed by atoms with Crippen LogP contribution in [0.5, 0.6) is 0 Å². The van der Waals surface area contributed by atoms with Crippen LogP contribution in [-0.4, -0.2) is 42.7 Å². The molecule has 0 saturated heterocycles. The zero-order valence-electron chi connectivity index (χ0n) is 18.1. The number of anilines is 3. The minimum Gasteiger partial charge on any atom is -0.363 e. The van der Waals surface area contributed by atoms with E-state index < -0.39 is 0 Å². The molecule has 0 unspecified atom stereocenters. The molecule has 1 aliphatic carbocycles. The Hall–Kier alpha value is -2.35. The standard InChI is InChI=1S/C22H31BrN6O/c1-14-11-17(23)12-15(2)20(14)28-22(30)25-13-16-5-7-18(8-6-16)26-21-24-10-9-19(27-21)29(3)4/h9-12,16,18H,5-8,13H2,1-4H3,(H,24,26,27)(H2,25,28,30). The highest BCUT2D eigenvalue weighted by Gasteiger charge is 2.22. The SMILES string of the molecule is Cc1cc(Br)cc(C)c1NC(=O)NCC1CCC(Nc2nccc(N(C)C)n2)CC1. The number of urea groups is 1. The van der Waals surface area contributed by atoms with E-state index >= 15 is 0 Å². The van der Waals surface area contributed by atoms with Crippen molar-refractivity contribution in [2.24, 2.45) is 5.92 Å². The number of halogens is 1. The van der Waals surface area contributed by atoms with E-state index in [0.29, 0.717) is 24.5 Å². The molecule has 1 fully saturated rings. The largest absolute Gasteiger partial charge is 0.363 e. The smallest absolute Gasteiger partial charge is 0.319 e. The van der Waals surface area contributed by atoms with Crippen LogP contribution in [0.3, 0.4) is 0 Å². The first-order valence-electron chi connectivity index (χ1n) is 10.4. The normalized spacial score (nSPS) is 18.6. The van der Waals surface area contributed by atoms with Gasteiger partial charge in [-0.1, -0.05) is 15.9 Å². The Morgan fingerprint density at radius 3 is 2.47 bits per heavy atom. The third kappa shape index (κ3) is 6.08. The summed E-state index contributed by atoms with van der Waals surface area (Å²) in [4.78, 5) is 23.2. The van der Waals surface area contributed by atoms with Gasteiger partial charge in [-0.2, -0.15) is 4.98 Å². The maximum Gasteiger partial charge on any atom is 0.319 e. The van der Waals surface area contributed by atoms with Gasteiger partial charge in [0.2, 0.25) is 5.95 Å². The lowest BCUT2D eigenvalue weighted by Gasteiger charge is -2.29. The van der Waals surface area contributed by atoms with Gasteiger partial charge < -0.3 is 20.9 Å². The second-order valence-corrected chi connectivity index (χ2v) is 9.16. The van der Waals surface area contributed by atoms with Gasteiger partial charge in [0, 0.05) is 43.0 Å². The number of amides is 2. The van der Waals surface area contributed by atoms with Crippen molar-refractivity contribution in [3.8, 4) is 0 Å². The first-order chi connectivity index (χ1) is 14.3. The van der Waals surface area contributed by atoms with Gasteiger partial charge in [0.25, 0.3) is 0 Å². The molecule has 1 heterocycles. The minimum atomic E-state index is -0.141. The van der Waals surface area contributed by atoms with Crippen LogP contribution in [0.2, 0.25) is 0 Å². The van der Waals surface area contributed by atoms with Gasteiger partial charge >= 0.3 is 6.03 Å². The number of carbonyl (C=O) groups is 1. The number of nitrogens with one attached hydrogen (secondary N) is 3. The summed E-state index contributed by atoms with van der Waals surface area (Å²) < 4.78 is 1.02. The van der Waals surface area contributed by atoms with Gasteiger partial charge in [-0.25, -0.2) is 9.78 Å². The first kappa shape index (κ1) is 22.3. The zero-order chi connectivity index (χ0) is 21.7. The molecule has 162 valence electrons. The monoisotopic (exact) mass is 474 g/mol. The van der Waals surface area contributed by atoms with Crippen molar-refractivity contribution in [3.05, 3.63) is 40.0 Å². The summed E-state index contributed by atoms with van der Waals surface area (Å²) in [5.74, 6) is 2.07. The Morgan fingerprint density at radius 2 is 1.83 bits per heavy atom.